The topological polar surface area (TPSA) is 29.1 Å². The van der Waals surface area contributed by atoms with Crippen molar-refractivity contribution in [1.29, 1.82) is 0 Å². The zero-order chi connectivity index (χ0) is 11.6. The number of terminal acetylenes is 1. The smallest absolute Gasteiger partial charge is 0.220 e. The summed E-state index contributed by atoms with van der Waals surface area (Å²) in [7, 11) is 0. The molecule has 1 aromatic carbocycles. The average Bonchev–Trinajstić information content (AvgIpc) is 2.33. The van der Waals surface area contributed by atoms with E-state index in [9.17, 15) is 4.79 Å². The number of aryl methyl sites for hydroxylation is 1. The van der Waals surface area contributed by atoms with Crippen LogP contribution in [0.2, 0.25) is 0 Å². The second kappa shape index (κ2) is 7.53. The Morgan fingerprint density at radius 3 is 2.75 bits per heavy atom. The van der Waals surface area contributed by atoms with Crippen LogP contribution in [0.4, 0.5) is 0 Å². The van der Waals surface area contributed by atoms with Crippen molar-refractivity contribution in [1.82, 2.24) is 5.32 Å². The van der Waals surface area contributed by atoms with Crippen molar-refractivity contribution in [2.45, 2.75) is 25.7 Å². The molecule has 0 fully saturated rings. The van der Waals surface area contributed by atoms with Crippen LogP contribution in [0.1, 0.15) is 24.8 Å². The first-order valence-electron chi connectivity index (χ1n) is 5.57. The highest BCUT2D eigenvalue weighted by Gasteiger charge is 2.00. The van der Waals surface area contributed by atoms with Gasteiger partial charge in [-0.25, -0.2) is 0 Å². The summed E-state index contributed by atoms with van der Waals surface area (Å²) in [6, 6.07) is 10.0. The Bertz CT molecular complexity index is 351. The highest BCUT2D eigenvalue weighted by molar-refractivity contribution is 5.76. The molecule has 16 heavy (non-hydrogen) atoms. The van der Waals surface area contributed by atoms with Crippen molar-refractivity contribution >= 4 is 5.91 Å². The van der Waals surface area contributed by atoms with Gasteiger partial charge in [-0.15, -0.1) is 12.3 Å². The molecule has 0 radical (unpaired) electrons. The predicted molar refractivity (Wildman–Crippen MR) is 65.8 cm³/mol. The Hall–Kier alpha value is -1.75. The standard InChI is InChI=1S/C14H17NO/c1-2-3-7-12-15-14(16)11-10-13-8-5-4-6-9-13/h1,4-6,8-9H,3,7,10-12H2,(H,15,16). The van der Waals surface area contributed by atoms with Gasteiger partial charge in [-0.2, -0.15) is 0 Å². The number of carbonyl (C=O) groups excluding carboxylic acids is 1. The van der Waals surface area contributed by atoms with Gasteiger partial charge in [-0.3, -0.25) is 4.79 Å². The Kier molecular flexibility index (Phi) is 5.80. The number of hydrogen-bond acceptors (Lipinski definition) is 1. The zero-order valence-electron chi connectivity index (χ0n) is 9.41. The van der Waals surface area contributed by atoms with E-state index in [1.165, 1.54) is 5.56 Å². The molecule has 0 heterocycles. The van der Waals surface area contributed by atoms with E-state index in [1.54, 1.807) is 0 Å². The van der Waals surface area contributed by atoms with E-state index >= 15 is 0 Å². The first-order valence-corrected chi connectivity index (χ1v) is 5.57. The molecule has 1 amide bonds. The molecule has 0 unspecified atom stereocenters. The van der Waals surface area contributed by atoms with Crippen LogP contribution in [-0.4, -0.2) is 12.5 Å². The third-order valence-corrected chi connectivity index (χ3v) is 2.30. The molecule has 2 nitrogen and oxygen atoms in total. The summed E-state index contributed by atoms with van der Waals surface area (Å²) in [4.78, 5) is 11.4. The molecule has 1 rings (SSSR count). The van der Waals surface area contributed by atoms with Crippen molar-refractivity contribution in [3.05, 3.63) is 35.9 Å². The fraction of sp³-hybridized carbons (Fsp3) is 0.357. The summed E-state index contributed by atoms with van der Waals surface area (Å²) in [5.74, 6) is 2.65. The quantitative estimate of drug-likeness (QED) is 0.571. The Morgan fingerprint density at radius 1 is 1.31 bits per heavy atom. The number of unbranched alkanes of at least 4 members (excludes halogenated alkanes) is 1. The molecule has 0 aliphatic carbocycles. The predicted octanol–water partition coefficient (Wildman–Crippen LogP) is 2.15. The molecule has 0 saturated heterocycles. The molecule has 0 bridgehead atoms. The maximum absolute atomic E-state index is 11.4. The summed E-state index contributed by atoms with van der Waals surface area (Å²) < 4.78 is 0. The molecular formula is C14H17NO. The average molecular weight is 215 g/mol. The van der Waals surface area contributed by atoms with E-state index in [1.807, 2.05) is 30.3 Å². The number of benzene rings is 1. The molecule has 2 heteroatoms. The lowest BCUT2D eigenvalue weighted by molar-refractivity contribution is -0.121. The van der Waals surface area contributed by atoms with E-state index in [-0.39, 0.29) is 5.91 Å². The first kappa shape index (κ1) is 12.3. The number of carbonyl (C=O) groups is 1. The van der Waals surface area contributed by atoms with Crippen molar-refractivity contribution in [2.24, 2.45) is 0 Å². The molecular weight excluding hydrogens is 198 g/mol. The normalized spacial score (nSPS) is 9.44. The molecule has 0 aromatic heterocycles. The number of hydrogen-bond donors (Lipinski definition) is 1. The van der Waals surface area contributed by atoms with Gasteiger partial charge in [-0.05, 0) is 18.4 Å². The largest absolute Gasteiger partial charge is 0.356 e. The van der Waals surface area contributed by atoms with Gasteiger partial charge >= 0.3 is 0 Å². The van der Waals surface area contributed by atoms with E-state index in [4.69, 9.17) is 6.42 Å². The Labute approximate surface area is 97.1 Å². The molecule has 1 aromatic rings. The van der Waals surface area contributed by atoms with E-state index < -0.39 is 0 Å². The lowest BCUT2D eigenvalue weighted by Gasteiger charge is -2.03. The van der Waals surface area contributed by atoms with E-state index in [0.29, 0.717) is 13.0 Å². The number of amides is 1. The van der Waals surface area contributed by atoms with Crippen LogP contribution < -0.4 is 5.32 Å². The lowest BCUT2D eigenvalue weighted by Crippen LogP contribution is -2.24. The van der Waals surface area contributed by atoms with Crippen molar-refractivity contribution in [2.75, 3.05) is 6.54 Å². The van der Waals surface area contributed by atoms with Crippen LogP contribution in [0.5, 0.6) is 0 Å². The van der Waals surface area contributed by atoms with Gasteiger partial charge in [0.15, 0.2) is 0 Å². The first-order chi connectivity index (χ1) is 7.83. The third kappa shape index (κ3) is 5.21. The second-order valence-corrected chi connectivity index (χ2v) is 3.64. The van der Waals surface area contributed by atoms with Gasteiger partial charge in [-0.1, -0.05) is 30.3 Å². The zero-order valence-corrected chi connectivity index (χ0v) is 9.41. The van der Waals surface area contributed by atoms with Gasteiger partial charge < -0.3 is 5.32 Å². The summed E-state index contributed by atoms with van der Waals surface area (Å²) in [6.07, 6.45) is 8.03. The van der Waals surface area contributed by atoms with Crippen LogP contribution in [-0.2, 0) is 11.2 Å². The maximum Gasteiger partial charge on any atom is 0.220 e. The van der Waals surface area contributed by atoms with E-state index in [0.717, 1.165) is 19.3 Å². The monoisotopic (exact) mass is 215 g/mol. The summed E-state index contributed by atoms with van der Waals surface area (Å²) in [6.45, 7) is 0.678. The molecule has 84 valence electrons. The van der Waals surface area contributed by atoms with Gasteiger partial charge in [0.1, 0.15) is 0 Å². The lowest BCUT2D eigenvalue weighted by atomic mass is 10.1. The van der Waals surface area contributed by atoms with Gasteiger partial charge in [0.2, 0.25) is 5.91 Å². The summed E-state index contributed by atoms with van der Waals surface area (Å²) >= 11 is 0. The summed E-state index contributed by atoms with van der Waals surface area (Å²) in [5.41, 5.74) is 1.20. The second-order valence-electron chi connectivity index (χ2n) is 3.64. The van der Waals surface area contributed by atoms with Crippen LogP contribution in [0.3, 0.4) is 0 Å². The molecule has 0 aliphatic rings. The molecule has 0 aliphatic heterocycles. The van der Waals surface area contributed by atoms with Crippen molar-refractivity contribution < 1.29 is 4.79 Å². The number of rotatable bonds is 6. The molecule has 1 N–H and O–H groups in total. The minimum atomic E-state index is 0.0980. The fourth-order valence-corrected chi connectivity index (χ4v) is 1.41. The fourth-order valence-electron chi connectivity index (χ4n) is 1.41. The highest BCUT2D eigenvalue weighted by atomic mass is 16.1. The number of nitrogens with one attached hydrogen (secondary N) is 1. The Balaban J connectivity index is 2.14. The highest BCUT2D eigenvalue weighted by Crippen LogP contribution is 2.01. The van der Waals surface area contributed by atoms with Gasteiger partial charge in [0.25, 0.3) is 0 Å². The molecule has 0 atom stereocenters. The third-order valence-electron chi connectivity index (χ3n) is 2.30. The maximum atomic E-state index is 11.4. The minimum Gasteiger partial charge on any atom is -0.356 e. The van der Waals surface area contributed by atoms with E-state index in [2.05, 4.69) is 11.2 Å². The van der Waals surface area contributed by atoms with Crippen LogP contribution in [0.15, 0.2) is 30.3 Å². The van der Waals surface area contributed by atoms with Gasteiger partial charge in [0, 0.05) is 19.4 Å². The van der Waals surface area contributed by atoms with Crippen LogP contribution in [0.25, 0.3) is 0 Å². The Morgan fingerprint density at radius 2 is 2.06 bits per heavy atom. The summed E-state index contributed by atoms with van der Waals surface area (Å²) in [5, 5.41) is 2.85. The molecule has 0 spiro atoms. The van der Waals surface area contributed by atoms with Crippen LogP contribution in [0, 0.1) is 12.3 Å². The van der Waals surface area contributed by atoms with Crippen LogP contribution >= 0.6 is 0 Å². The van der Waals surface area contributed by atoms with Crippen molar-refractivity contribution in [3.8, 4) is 12.3 Å². The SMILES string of the molecule is C#CCCCNC(=O)CCc1ccccc1. The van der Waals surface area contributed by atoms with Crippen molar-refractivity contribution in [3.63, 3.8) is 0 Å². The minimum absolute atomic E-state index is 0.0980. The molecule has 0 saturated carbocycles. The van der Waals surface area contributed by atoms with Gasteiger partial charge in [0.05, 0.1) is 0 Å².